The molecule has 1 fully saturated rings. The zero-order chi connectivity index (χ0) is 30.0. The van der Waals surface area contributed by atoms with Crippen molar-refractivity contribution < 1.29 is 23.9 Å². The van der Waals surface area contributed by atoms with Gasteiger partial charge in [-0.05, 0) is 59.0 Å². The smallest absolute Gasteiger partial charge is 0.238 e. The third kappa shape index (κ3) is 3.65. The molecule has 4 aromatic rings. The van der Waals surface area contributed by atoms with Crippen molar-refractivity contribution in [2.45, 2.75) is 37.3 Å². The summed E-state index contributed by atoms with van der Waals surface area (Å²) in [6.45, 7) is 2.20. The molecule has 7 heteroatoms. The molecule has 8 rings (SSSR count). The Morgan fingerprint density at radius 2 is 1.64 bits per heavy atom. The predicted octanol–water partition coefficient (Wildman–Crippen LogP) is 6.35. The average molecular weight is 583 g/mol. The standard InChI is InChI=1S/C37H30N2O5/c1-2-7-22-12-14-24(15-13-22)33(40)31-32(34(41)25-16-17-29-30(20-25)44-21-43-29)39-19-18-23-8-3-4-9-26(23)35(39)37(31)27-10-5-6-11-28(27)38-36(37)42/h3-6,8-20,31-32,35H,2,7,21H2,1H3,(H,38,42)/t31-,32+,35-,37-/m0/s1. The van der Waals surface area contributed by atoms with Crippen molar-refractivity contribution in [1.82, 2.24) is 4.90 Å². The van der Waals surface area contributed by atoms with Crippen molar-refractivity contribution in [3.05, 3.63) is 131 Å². The number of para-hydroxylation sites is 1. The number of aryl methyl sites for hydroxylation is 1. The van der Waals surface area contributed by atoms with Gasteiger partial charge >= 0.3 is 0 Å². The maximum absolute atomic E-state index is 15.0. The molecular formula is C37H30N2O5. The first kappa shape index (κ1) is 26.5. The fourth-order valence-corrected chi connectivity index (χ4v) is 7.69. The number of carbonyl (C=O) groups is 3. The highest BCUT2D eigenvalue weighted by atomic mass is 16.7. The van der Waals surface area contributed by atoms with Crippen LogP contribution >= 0.6 is 0 Å². The van der Waals surface area contributed by atoms with Crippen molar-refractivity contribution in [3.63, 3.8) is 0 Å². The normalized spacial score (nSPS) is 23.7. The van der Waals surface area contributed by atoms with E-state index in [1.165, 1.54) is 0 Å². The molecule has 44 heavy (non-hydrogen) atoms. The molecule has 0 aromatic heterocycles. The van der Waals surface area contributed by atoms with Crippen LogP contribution in [-0.4, -0.2) is 35.2 Å². The van der Waals surface area contributed by atoms with Crippen LogP contribution in [0.4, 0.5) is 5.69 Å². The second-order valence-corrected chi connectivity index (χ2v) is 11.8. The molecule has 1 saturated heterocycles. The van der Waals surface area contributed by atoms with Gasteiger partial charge in [-0.3, -0.25) is 14.4 Å². The van der Waals surface area contributed by atoms with Crippen molar-refractivity contribution >= 4 is 29.2 Å². The number of nitrogens with zero attached hydrogens (tertiary/aromatic N) is 1. The Bertz CT molecular complexity index is 1880. The van der Waals surface area contributed by atoms with Gasteiger partial charge in [0.05, 0.1) is 12.0 Å². The van der Waals surface area contributed by atoms with Crippen molar-refractivity contribution in [3.8, 4) is 11.5 Å². The monoisotopic (exact) mass is 582 g/mol. The number of nitrogens with one attached hydrogen (secondary N) is 1. The van der Waals surface area contributed by atoms with Crippen LogP contribution in [0, 0.1) is 5.92 Å². The maximum atomic E-state index is 15.0. The fourth-order valence-electron chi connectivity index (χ4n) is 7.69. The molecule has 4 aromatic carbocycles. The van der Waals surface area contributed by atoms with Crippen LogP contribution in [0.15, 0.2) is 97.2 Å². The van der Waals surface area contributed by atoms with Gasteiger partial charge in [-0.25, -0.2) is 0 Å². The molecule has 7 nitrogen and oxygen atoms in total. The van der Waals surface area contributed by atoms with E-state index in [1.807, 2.05) is 90.0 Å². The summed E-state index contributed by atoms with van der Waals surface area (Å²) < 4.78 is 11.1. The number of ether oxygens (including phenoxy) is 2. The van der Waals surface area contributed by atoms with Crippen molar-refractivity contribution in [2.24, 2.45) is 5.92 Å². The van der Waals surface area contributed by atoms with E-state index in [2.05, 4.69) is 12.2 Å². The minimum atomic E-state index is -1.37. The van der Waals surface area contributed by atoms with E-state index in [0.717, 1.165) is 35.1 Å². The Morgan fingerprint density at radius 1 is 0.886 bits per heavy atom. The lowest BCUT2D eigenvalue weighted by Crippen LogP contribution is -2.49. The molecule has 1 amide bonds. The Kier molecular flexibility index (Phi) is 5.98. The molecule has 0 radical (unpaired) electrons. The number of rotatable bonds is 6. The average Bonchev–Trinajstić information content (AvgIpc) is 3.74. The minimum Gasteiger partial charge on any atom is -0.454 e. The van der Waals surface area contributed by atoms with Gasteiger partial charge in [-0.2, -0.15) is 0 Å². The van der Waals surface area contributed by atoms with Gasteiger partial charge in [0.25, 0.3) is 0 Å². The van der Waals surface area contributed by atoms with Gasteiger partial charge in [0.1, 0.15) is 11.5 Å². The Labute approximate surface area is 255 Å². The zero-order valence-corrected chi connectivity index (χ0v) is 24.2. The number of ketones is 2. The van der Waals surface area contributed by atoms with Gasteiger partial charge in [0, 0.05) is 23.0 Å². The quantitative estimate of drug-likeness (QED) is 0.267. The van der Waals surface area contributed by atoms with E-state index >= 15 is 0 Å². The maximum Gasteiger partial charge on any atom is 0.238 e. The first-order valence-electron chi connectivity index (χ1n) is 15.0. The number of fused-ring (bicyclic) bond motifs is 7. The van der Waals surface area contributed by atoms with Crippen LogP contribution in [0.5, 0.6) is 11.5 Å². The highest BCUT2D eigenvalue weighted by Gasteiger charge is 2.70. The van der Waals surface area contributed by atoms with Gasteiger partial charge < -0.3 is 19.7 Å². The van der Waals surface area contributed by atoms with Crippen LogP contribution in [0.2, 0.25) is 0 Å². The number of amides is 1. The number of carbonyl (C=O) groups excluding carboxylic acids is 3. The van der Waals surface area contributed by atoms with E-state index in [1.54, 1.807) is 18.2 Å². The number of benzene rings is 4. The molecule has 218 valence electrons. The first-order chi connectivity index (χ1) is 21.5. The summed E-state index contributed by atoms with van der Waals surface area (Å²) in [7, 11) is 0. The Balaban J connectivity index is 1.37. The van der Waals surface area contributed by atoms with E-state index in [-0.39, 0.29) is 24.3 Å². The van der Waals surface area contributed by atoms with Gasteiger partial charge in [0.15, 0.2) is 23.1 Å². The zero-order valence-electron chi connectivity index (χ0n) is 24.2. The SMILES string of the molecule is CCCc1ccc(C(=O)[C@@H]2[C@H](C(=O)c3ccc4c(c3)OCO4)N3C=Cc4ccccc4[C@H]3[C@@]23C(=O)Nc2ccccc23)cc1. The molecule has 4 aliphatic rings. The van der Waals surface area contributed by atoms with Crippen LogP contribution in [0.3, 0.4) is 0 Å². The van der Waals surface area contributed by atoms with Gasteiger partial charge in [-0.1, -0.05) is 80.1 Å². The molecule has 4 aliphatic heterocycles. The van der Waals surface area contributed by atoms with E-state index < -0.39 is 23.4 Å². The van der Waals surface area contributed by atoms with Crippen LogP contribution < -0.4 is 14.8 Å². The first-order valence-corrected chi connectivity index (χ1v) is 15.0. The molecule has 1 spiro atoms. The summed E-state index contributed by atoms with van der Waals surface area (Å²) >= 11 is 0. The number of hydrogen-bond acceptors (Lipinski definition) is 6. The summed E-state index contributed by atoms with van der Waals surface area (Å²) in [5.74, 6) is -0.745. The van der Waals surface area contributed by atoms with Gasteiger partial charge in [0.2, 0.25) is 12.7 Å². The van der Waals surface area contributed by atoms with Gasteiger partial charge in [-0.15, -0.1) is 0 Å². The lowest BCUT2D eigenvalue weighted by atomic mass is 9.62. The number of anilines is 1. The predicted molar refractivity (Wildman–Crippen MR) is 166 cm³/mol. The molecule has 0 saturated carbocycles. The topological polar surface area (TPSA) is 84.9 Å². The summed E-state index contributed by atoms with van der Waals surface area (Å²) in [5.41, 5.74) is 3.89. The highest BCUT2D eigenvalue weighted by Crippen LogP contribution is 2.62. The second-order valence-electron chi connectivity index (χ2n) is 11.8. The third-order valence-electron chi connectivity index (χ3n) is 9.56. The van der Waals surface area contributed by atoms with E-state index in [9.17, 15) is 14.4 Å². The second kappa shape index (κ2) is 9.95. The molecule has 0 aliphatic carbocycles. The van der Waals surface area contributed by atoms with E-state index in [0.29, 0.717) is 28.3 Å². The summed E-state index contributed by atoms with van der Waals surface area (Å²) in [5, 5.41) is 3.10. The summed E-state index contributed by atoms with van der Waals surface area (Å²) in [6, 6.07) is 26.6. The largest absolute Gasteiger partial charge is 0.454 e. The van der Waals surface area contributed by atoms with Crippen molar-refractivity contribution in [2.75, 3.05) is 12.1 Å². The lowest BCUT2D eigenvalue weighted by molar-refractivity contribution is -0.122. The van der Waals surface area contributed by atoms with E-state index in [4.69, 9.17) is 9.47 Å². The van der Waals surface area contributed by atoms with Crippen molar-refractivity contribution in [1.29, 1.82) is 0 Å². The molecule has 4 atom stereocenters. The lowest BCUT2D eigenvalue weighted by Gasteiger charge is -2.38. The Hall–Kier alpha value is -5.17. The summed E-state index contributed by atoms with van der Waals surface area (Å²) in [4.78, 5) is 46.3. The fraction of sp³-hybridized carbons (Fsp3) is 0.216. The number of Topliss-reactive ketones (excluding diaryl/α,β-unsaturated/α-hetero) is 2. The summed E-state index contributed by atoms with van der Waals surface area (Å²) in [6.07, 6.45) is 5.74. The van der Waals surface area contributed by atoms with Crippen LogP contribution in [0.1, 0.15) is 62.4 Å². The molecule has 0 bridgehead atoms. The minimum absolute atomic E-state index is 0.0827. The van der Waals surface area contributed by atoms with Crippen LogP contribution in [0.25, 0.3) is 6.08 Å². The number of hydrogen-bond donors (Lipinski definition) is 1. The molecule has 0 unspecified atom stereocenters. The molecular weight excluding hydrogens is 552 g/mol. The van der Waals surface area contributed by atoms with Crippen LogP contribution in [-0.2, 0) is 16.6 Å². The molecule has 1 N–H and O–H groups in total. The third-order valence-corrected chi connectivity index (χ3v) is 9.56. The Morgan fingerprint density at radius 3 is 2.48 bits per heavy atom. The molecule has 4 heterocycles. The highest BCUT2D eigenvalue weighted by molar-refractivity contribution is 6.16.